The maximum atomic E-state index is 11.8. The quantitative estimate of drug-likeness (QED) is 0.411. The topological polar surface area (TPSA) is 108 Å². The molecule has 2 aromatic heterocycles. The highest BCUT2D eigenvalue weighted by atomic mass is 16.1. The first-order chi connectivity index (χ1) is 13.7. The fourth-order valence-corrected chi connectivity index (χ4v) is 2.80. The van der Waals surface area contributed by atoms with E-state index in [1.54, 1.807) is 30.6 Å². The number of nitrogens with zero attached hydrogens (tertiary/aromatic N) is 3. The van der Waals surface area contributed by atoms with Gasteiger partial charge in [0.25, 0.3) is 5.91 Å². The van der Waals surface area contributed by atoms with E-state index >= 15 is 0 Å². The number of nitrogens with one attached hydrogen (secondary N) is 4. The number of carbonyl (C=O) groups excluding carboxylic acids is 1. The molecule has 0 aliphatic heterocycles. The molecule has 0 saturated heterocycles. The fraction of sp³-hybridized carbons (Fsp3) is 0.100. The molecule has 0 aliphatic rings. The zero-order valence-electron chi connectivity index (χ0n) is 15.2. The van der Waals surface area contributed by atoms with Crippen molar-refractivity contribution in [3.05, 3.63) is 66.5 Å². The smallest absolute Gasteiger partial charge is 0.251 e. The maximum absolute atomic E-state index is 11.8. The van der Waals surface area contributed by atoms with Gasteiger partial charge in [0, 0.05) is 29.4 Å². The van der Waals surface area contributed by atoms with Gasteiger partial charge in [-0.25, -0.2) is 4.98 Å². The first-order valence-electron chi connectivity index (χ1n) is 8.90. The number of hydrogen-bond acceptors (Lipinski definition) is 6. The van der Waals surface area contributed by atoms with E-state index in [2.05, 4.69) is 36.1 Å². The molecule has 0 saturated carbocycles. The molecule has 8 nitrogen and oxygen atoms in total. The molecule has 2 heterocycles. The number of carbonyl (C=O) groups is 1. The summed E-state index contributed by atoms with van der Waals surface area (Å²) in [5, 5.41) is 17.2. The molecule has 0 atom stereocenters. The van der Waals surface area contributed by atoms with E-state index in [1.807, 2.05) is 37.3 Å². The minimum absolute atomic E-state index is 0.0927. The maximum Gasteiger partial charge on any atom is 0.251 e. The third-order valence-electron chi connectivity index (χ3n) is 4.14. The van der Waals surface area contributed by atoms with Crippen molar-refractivity contribution in [3.63, 3.8) is 0 Å². The van der Waals surface area contributed by atoms with Gasteiger partial charge in [0.1, 0.15) is 5.82 Å². The van der Waals surface area contributed by atoms with E-state index < -0.39 is 0 Å². The molecule has 0 bridgehead atoms. The first kappa shape index (κ1) is 17.5. The average Bonchev–Trinajstić information content (AvgIpc) is 3.19. The lowest BCUT2D eigenvalue weighted by Gasteiger charge is -2.09. The van der Waals surface area contributed by atoms with Crippen LogP contribution in [0, 0.1) is 0 Å². The molecule has 28 heavy (non-hydrogen) atoms. The van der Waals surface area contributed by atoms with Gasteiger partial charge in [-0.1, -0.05) is 6.07 Å². The van der Waals surface area contributed by atoms with Crippen molar-refractivity contribution in [2.75, 3.05) is 17.2 Å². The van der Waals surface area contributed by atoms with Gasteiger partial charge in [0.15, 0.2) is 0 Å². The Morgan fingerprint density at radius 2 is 1.93 bits per heavy atom. The van der Waals surface area contributed by atoms with Gasteiger partial charge < -0.3 is 16.0 Å². The SMILES string of the molecule is CCNC(=O)c1ccc(Nc2nccc(Nc3cccc4[nH]ncc34)n2)cc1. The molecule has 0 fully saturated rings. The number of rotatable bonds is 6. The van der Waals surface area contributed by atoms with Crippen LogP contribution < -0.4 is 16.0 Å². The highest BCUT2D eigenvalue weighted by Gasteiger charge is 2.07. The number of aromatic nitrogens is 4. The van der Waals surface area contributed by atoms with Gasteiger partial charge in [-0.2, -0.15) is 10.1 Å². The summed E-state index contributed by atoms with van der Waals surface area (Å²) in [5.74, 6) is 1.02. The Balaban J connectivity index is 1.49. The second-order valence-electron chi connectivity index (χ2n) is 6.09. The van der Waals surface area contributed by atoms with E-state index in [-0.39, 0.29) is 5.91 Å². The first-order valence-corrected chi connectivity index (χ1v) is 8.90. The third-order valence-corrected chi connectivity index (χ3v) is 4.14. The highest BCUT2D eigenvalue weighted by Crippen LogP contribution is 2.24. The minimum Gasteiger partial charge on any atom is -0.352 e. The molecular weight excluding hydrogens is 354 g/mol. The van der Waals surface area contributed by atoms with Crippen LogP contribution in [0.4, 0.5) is 23.1 Å². The summed E-state index contributed by atoms with van der Waals surface area (Å²) in [6, 6.07) is 14.8. The minimum atomic E-state index is -0.0927. The number of anilines is 4. The number of benzene rings is 2. The van der Waals surface area contributed by atoms with Gasteiger partial charge in [0.2, 0.25) is 5.95 Å². The Morgan fingerprint density at radius 1 is 1.07 bits per heavy atom. The van der Waals surface area contributed by atoms with E-state index in [9.17, 15) is 4.79 Å². The zero-order chi connectivity index (χ0) is 19.3. The molecular formula is C20H19N7O. The van der Waals surface area contributed by atoms with Crippen LogP contribution >= 0.6 is 0 Å². The number of H-pyrrole nitrogens is 1. The van der Waals surface area contributed by atoms with Gasteiger partial charge in [-0.05, 0) is 49.4 Å². The summed E-state index contributed by atoms with van der Waals surface area (Å²) in [7, 11) is 0. The number of fused-ring (bicyclic) bond motifs is 1. The molecule has 0 radical (unpaired) electrons. The number of hydrogen-bond donors (Lipinski definition) is 4. The summed E-state index contributed by atoms with van der Waals surface area (Å²) < 4.78 is 0. The van der Waals surface area contributed by atoms with E-state index in [4.69, 9.17) is 0 Å². The van der Waals surface area contributed by atoms with Crippen LogP contribution in [-0.4, -0.2) is 32.6 Å². The molecule has 1 amide bonds. The largest absolute Gasteiger partial charge is 0.352 e. The van der Waals surface area contributed by atoms with Crippen LogP contribution in [0.15, 0.2) is 60.9 Å². The molecule has 0 unspecified atom stereocenters. The van der Waals surface area contributed by atoms with Gasteiger partial charge in [-0.15, -0.1) is 0 Å². The van der Waals surface area contributed by atoms with Crippen LogP contribution in [-0.2, 0) is 0 Å². The second-order valence-corrected chi connectivity index (χ2v) is 6.09. The number of amides is 1. The zero-order valence-corrected chi connectivity index (χ0v) is 15.2. The van der Waals surface area contributed by atoms with Crippen molar-refractivity contribution in [1.29, 1.82) is 0 Å². The normalized spacial score (nSPS) is 10.6. The van der Waals surface area contributed by atoms with Crippen LogP contribution in [0.3, 0.4) is 0 Å². The summed E-state index contributed by atoms with van der Waals surface area (Å²) in [5.41, 5.74) is 3.26. The van der Waals surface area contributed by atoms with E-state index in [1.165, 1.54) is 0 Å². The molecule has 2 aromatic carbocycles. The van der Waals surface area contributed by atoms with Crippen molar-refractivity contribution < 1.29 is 4.79 Å². The van der Waals surface area contributed by atoms with Crippen LogP contribution in [0.25, 0.3) is 10.9 Å². The van der Waals surface area contributed by atoms with Crippen molar-refractivity contribution in [2.24, 2.45) is 0 Å². The highest BCUT2D eigenvalue weighted by molar-refractivity contribution is 5.94. The molecule has 4 rings (SSSR count). The van der Waals surface area contributed by atoms with Gasteiger partial charge in [0.05, 0.1) is 17.4 Å². The Morgan fingerprint density at radius 3 is 2.75 bits per heavy atom. The van der Waals surface area contributed by atoms with Gasteiger partial charge >= 0.3 is 0 Å². The summed E-state index contributed by atoms with van der Waals surface area (Å²) in [4.78, 5) is 20.6. The molecule has 8 heteroatoms. The van der Waals surface area contributed by atoms with E-state index in [0.717, 1.165) is 22.3 Å². The van der Waals surface area contributed by atoms with Crippen molar-refractivity contribution in [2.45, 2.75) is 6.92 Å². The molecule has 4 N–H and O–H groups in total. The monoisotopic (exact) mass is 373 g/mol. The Bertz CT molecular complexity index is 1100. The Labute approximate surface area is 161 Å². The molecule has 140 valence electrons. The van der Waals surface area contributed by atoms with Crippen molar-refractivity contribution >= 4 is 40.0 Å². The summed E-state index contributed by atoms with van der Waals surface area (Å²) >= 11 is 0. The molecule has 0 aliphatic carbocycles. The predicted octanol–water partition coefficient (Wildman–Crippen LogP) is 3.59. The third kappa shape index (κ3) is 3.75. The van der Waals surface area contributed by atoms with E-state index in [0.29, 0.717) is 23.9 Å². The summed E-state index contributed by atoms with van der Waals surface area (Å²) in [6.45, 7) is 2.48. The van der Waals surface area contributed by atoms with Crippen molar-refractivity contribution in [1.82, 2.24) is 25.5 Å². The average molecular weight is 373 g/mol. The molecule has 0 spiro atoms. The lowest BCUT2D eigenvalue weighted by Crippen LogP contribution is -2.22. The fourth-order valence-electron chi connectivity index (χ4n) is 2.80. The predicted molar refractivity (Wildman–Crippen MR) is 109 cm³/mol. The Hall–Kier alpha value is -3.94. The Kier molecular flexibility index (Phi) is 4.83. The van der Waals surface area contributed by atoms with Crippen LogP contribution in [0.1, 0.15) is 17.3 Å². The lowest BCUT2D eigenvalue weighted by molar-refractivity contribution is 0.0956. The van der Waals surface area contributed by atoms with Crippen molar-refractivity contribution in [3.8, 4) is 0 Å². The second kappa shape index (κ2) is 7.75. The van der Waals surface area contributed by atoms with Crippen LogP contribution in [0.5, 0.6) is 0 Å². The number of aromatic amines is 1. The van der Waals surface area contributed by atoms with Gasteiger partial charge in [-0.3, -0.25) is 9.89 Å². The standard InChI is InChI=1S/C20H19N7O/c1-2-21-19(28)13-6-8-14(9-7-13)24-20-22-11-10-18(26-20)25-16-4-3-5-17-15(16)12-23-27-17/h3-12H,2H2,1H3,(H,21,28)(H,23,27)(H2,22,24,25,26). The lowest BCUT2D eigenvalue weighted by atomic mass is 10.2. The molecule has 4 aromatic rings. The summed E-state index contributed by atoms with van der Waals surface area (Å²) in [6.07, 6.45) is 3.45. The van der Waals surface area contributed by atoms with Crippen LogP contribution in [0.2, 0.25) is 0 Å².